The van der Waals surface area contributed by atoms with Gasteiger partial charge in [-0.25, -0.2) is 0 Å². The van der Waals surface area contributed by atoms with Crippen molar-refractivity contribution in [2.24, 2.45) is 0 Å². The van der Waals surface area contributed by atoms with E-state index in [0.29, 0.717) is 0 Å². The molecule has 0 saturated carbocycles. The maximum absolute atomic E-state index is 11.4. The fourth-order valence-corrected chi connectivity index (χ4v) is 3.42. The van der Waals surface area contributed by atoms with Gasteiger partial charge in [0.15, 0.2) is 0 Å². The van der Waals surface area contributed by atoms with E-state index in [2.05, 4.69) is 26.9 Å². The van der Waals surface area contributed by atoms with E-state index in [1.807, 2.05) is 42.5 Å². The molecular weight excluding hydrogens is 344 g/mol. The highest BCUT2D eigenvalue weighted by atomic mass is 79.9. The summed E-state index contributed by atoms with van der Waals surface area (Å²) < 4.78 is 1.01. The highest BCUT2D eigenvalue weighted by Gasteiger charge is 2.37. The van der Waals surface area contributed by atoms with Gasteiger partial charge in [-0.1, -0.05) is 40.2 Å². The largest absolute Gasteiger partial charge is 0.358 e. The molecule has 0 bridgehead atoms. The van der Waals surface area contributed by atoms with E-state index in [-0.39, 0.29) is 11.0 Å². The second kappa shape index (κ2) is 6.08. The second-order valence-corrected chi connectivity index (χ2v) is 6.51. The van der Waals surface area contributed by atoms with Crippen LogP contribution in [0.2, 0.25) is 0 Å². The molecule has 22 heavy (non-hydrogen) atoms. The van der Waals surface area contributed by atoms with Gasteiger partial charge in [-0.15, -0.1) is 0 Å². The van der Waals surface area contributed by atoms with Crippen LogP contribution in [0.1, 0.15) is 24.1 Å². The lowest BCUT2D eigenvalue weighted by atomic mass is 9.88. The Balaban J connectivity index is 2.06. The van der Waals surface area contributed by atoms with Gasteiger partial charge in [-0.2, -0.15) is 0 Å². The monoisotopic (exact) mass is 360 g/mol. The number of anilines is 1. The third-order valence-corrected chi connectivity index (χ3v) is 4.81. The standard InChI is InChI=1S/C17H17BrN2O2/c1-12(20(21)22)17-16-5-3-2-4-13(16)10-11-19(17)15-8-6-14(18)7-9-15/h2-9,12,17H,10-11H2,1H3. The lowest BCUT2D eigenvalue weighted by Crippen LogP contribution is -2.43. The molecule has 0 fully saturated rings. The van der Waals surface area contributed by atoms with Crippen LogP contribution >= 0.6 is 15.9 Å². The molecule has 4 nitrogen and oxygen atoms in total. The first-order valence-corrected chi connectivity index (χ1v) is 8.10. The lowest BCUT2D eigenvalue weighted by Gasteiger charge is -2.39. The molecular formula is C17H17BrN2O2. The fourth-order valence-electron chi connectivity index (χ4n) is 3.16. The molecule has 2 atom stereocenters. The molecule has 0 aliphatic carbocycles. The average molecular weight is 361 g/mol. The van der Waals surface area contributed by atoms with Gasteiger partial charge in [-0.05, 0) is 41.8 Å². The normalized spacial score (nSPS) is 18.6. The fraction of sp³-hybridized carbons (Fsp3) is 0.294. The molecule has 114 valence electrons. The van der Waals surface area contributed by atoms with Crippen LogP contribution in [0.3, 0.4) is 0 Å². The van der Waals surface area contributed by atoms with Gasteiger partial charge in [-0.3, -0.25) is 10.1 Å². The first kappa shape index (κ1) is 15.0. The van der Waals surface area contributed by atoms with E-state index in [0.717, 1.165) is 28.7 Å². The molecule has 0 radical (unpaired) electrons. The molecule has 1 aliphatic rings. The Morgan fingerprint density at radius 3 is 2.59 bits per heavy atom. The summed E-state index contributed by atoms with van der Waals surface area (Å²) in [5.41, 5.74) is 3.31. The molecule has 0 aromatic heterocycles. The van der Waals surface area contributed by atoms with E-state index in [1.54, 1.807) is 6.92 Å². The van der Waals surface area contributed by atoms with E-state index in [1.165, 1.54) is 5.56 Å². The van der Waals surface area contributed by atoms with Gasteiger partial charge in [0.05, 0.1) is 0 Å². The molecule has 0 spiro atoms. The van der Waals surface area contributed by atoms with E-state index >= 15 is 0 Å². The number of rotatable bonds is 3. The van der Waals surface area contributed by atoms with Crippen LogP contribution in [0.25, 0.3) is 0 Å². The maximum Gasteiger partial charge on any atom is 0.234 e. The minimum absolute atomic E-state index is 0.182. The number of hydrogen-bond donors (Lipinski definition) is 0. The van der Waals surface area contributed by atoms with Crippen molar-refractivity contribution in [3.63, 3.8) is 0 Å². The number of nitro groups is 1. The molecule has 3 rings (SSSR count). The summed E-state index contributed by atoms with van der Waals surface area (Å²) >= 11 is 3.44. The van der Waals surface area contributed by atoms with Crippen molar-refractivity contribution in [3.05, 3.63) is 74.2 Å². The highest BCUT2D eigenvalue weighted by molar-refractivity contribution is 9.10. The number of halogens is 1. The van der Waals surface area contributed by atoms with Crippen molar-refractivity contribution in [1.82, 2.24) is 0 Å². The van der Waals surface area contributed by atoms with Crippen LogP contribution in [-0.4, -0.2) is 17.5 Å². The van der Waals surface area contributed by atoms with Crippen LogP contribution in [0, 0.1) is 10.1 Å². The van der Waals surface area contributed by atoms with E-state index in [9.17, 15) is 10.1 Å². The third kappa shape index (κ3) is 2.73. The van der Waals surface area contributed by atoms with Crippen LogP contribution < -0.4 is 4.90 Å². The predicted octanol–water partition coefficient (Wildman–Crippen LogP) is 4.22. The molecule has 1 aliphatic heterocycles. The smallest absolute Gasteiger partial charge is 0.234 e. The minimum atomic E-state index is -0.662. The minimum Gasteiger partial charge on any atom is -0.358 e. The van der Waals surface area contributed by atoms with E-state index in [4.69, 9.17) is 0 Å². The topological polar surface area (TPSA) is 46.4 Å². The van der Waals surface area contributed by atoms with Crippen molar-refractivity contribution in [1.29, 1.82) is 0 Å². The number of hydrogen-bond acceptors (Lipinski definition) is 3. The van der Waals surface area contributed by atoms with Crippen LogP contribution in [0.5, 0.6) is 0 Å². The van der Waals surface area contributed by atoms with Gasteiger partial charge in [0, 0.05) is 28.6 Å². The third-order valence-electron chi connectivity index (χ3n) is 4.28. The zero-order valence-corrected chi connectivity index (χ0v) is 13.9. The molecule has 0 N–H and O–H groups in total. The van der Waals surface area contributed by atoms with Crippen molar-refractivity contribution < 1.29 is 4.92 Å². The molecule has 2 unspecified atom stereocenters. The number of fused-ring (bicyclic) bond motifs is 1. The molecule has 1 heterocycles. The SMILES string of the molecule is CC(C1c2ccccc2CCN1c1ccc(Br)cc1)[N+](=O)[O-]. The summed E-state index contributed by atoms with van der Waals surface area (Å²) in [5.74, 6) is 0. The Kier molecular flexibility index (Phi) is 4.16. The van der Waals surface area contributed by atoms with Crippen molar-refractivity contribution in [2.45, 2.75) is 25.4 Å². The number of nitrogens with zero attached hydrogens (tertiary/aromatic N) is 2. The van der Waals surface area contributed by atoms with Gasteiger partial charge >= 0.3 is 0 Å². The van der Waals surface area contributed by atoms with Crippen molar-refractivity contribution in [2.75, 3.05) is 11.4 Å². The van der Waals surface area contributed by atoms with Crippen LogP contribution in [-0.2, 0) is 6.42 Å². The van der Waals surface area contributed by atoms with Gasteiger partial charge < -0.3 is 4.90 Å². The number of benzene rings is 2. The summed E-state index contributed by atoms with van der Waals surface area (Å²) in [6, 6.07) is 15.1. The predicted molar refractivity (Wildman–Crippen MR) is 90.8 cm³/mol. The van der Waals surface area contributed by atoms with Gasteiger partial charge in [0.25, 0.3) is 0 Å². The first-order valence-electron chi connectivity index (χ1n) is 7.31. The molecule has 2 aromatic rings. The van der Waals surface area contributed by atoms with Crippen LogP contribution in [0.15, 0.2) is 53.0 Å². The highest BCUT2D eigenvalue weighted by Crippen LogP contribution is 2.37. The summed E-state index contributed by atoms with van der Waals surface area (Å²) in [4.78, 5) is 13.4. The maximum atomic E-state index is 11.4. The zero-order chi connectivity index (χ0) is 15.7. The molecule has 0 amide bonds. The Labute approximate surface area is 138 Å². The van der Waals surface area contributed by atoms with Gasteiger partial charge in [0.2, 0.25) is 6.04 Å². The molecule has 0 saturated heterocycles. The average Bonchev–Trinajstić information content (AvgIpc) is 2.54. The van der Waals surface area contributed by atoms with E-state index < -0.39 is 6.04 Å². The van der Waals surface area contributed by atoms with Crippen LogP contribution in [0.4, 0.5) is 5.69 Å². The quantitative estimate of drug-likeness (QED) is 0.608. The summed E-state index contributed by atoms with van der Waals surface area (Å²) in [6.07, 6.45) is 0.910. The molecule has 2 aromatic carbocycles. The summed E-state index contributed by atoms with van der Waals surface area (Å²) in [5, 5.41) is 11.4. The van der Waals surface area contributed by atoms with Crippen molar-refractivity contribution >= 4 is 21.6 Å². The van der Waals surface area contributed by atoms with Crippen molar-refractivity contribution in [3.8, 4) is 0 Å². The zero-order valence-electron chi connectivity index (χ0n) is 12.3. The Morgan fingerprint density at radius 1 is 1.23 bits per heavy atom. The first-order chi connectivity index (χ1) is 10.6. The lowest BCUT2D eigenvalue weighted by molar-refractivity contribution is -0.522. The Bertz CT molecular complexity index is 687. The second-order valence-electron chi connectivity index (χ2n) is 5.59. The Morgan fingerprint density at radius 2 is 1.91 bits per heavy atom. The summed E-state index contributed by atoms with van der Waals surface area (Å²) in [6.45, 7) is 2.49. The van der Waals surface area contributed by atoms with Gasteiger partial charge in [0.1, 0.15) is 6.04 Å². The Hall–Kier alpha value is -1.88. The molecule has 5 heteroatoms. The summed E-state index contributed by atoms with van der Waals surface area (Å²) in [7, 11) is 0.